The first-order valence-electron chi connectivity index (χ1n) is 10.2. The number of halogens is 2. The van der Waals surface area contributed by atoms with Crippen molar-refractivity contribution in [2.45, 2.75) is 37.8 Å². The van der Waals surface area contributed by atoms with Gasteiger partial charge in [0.05, 0.1) is 29.5 Å². The molecule has 4 N–H and O–H groups in total. The van der Waals surface area contributed by atoms with Gasteiger partial charge in [0.1, 0.15) is 11.8 Å². The molecule has 1 aliphatic heterocycles. The summed E-state index contributed by atoms with van der Waals surface area (Å²) >= 11 is 10.0. The van der Waals surface area contributed by atoms with E-state index in [1.165, 1.54) is 6.33 Å². The summed E-state index contributed by atoms with van der Waals surface area (Å²) in [5.74, 6) is 0.319. The molecule has 32 heavy (non-hydrogen) atoms. The summed E-state index contributed by atoms with van der Waals surface area (Å²) in [6, 6.07) is 5.83. The molecule has 1 aromatic carbocycles. The lowest BCUT2D eigenvalue weighted by Gasteiger charge is -2.27. The number of rotatable bonds is 7. The molecular weight excluding hydrogens is 496 g/mol. The zero-order valence-electron chi connectivity index (χ0n) is 17.3. The fraction of sp³-hybridized carbons (Fsp3) is 0.381. The highest BCUT2D eigenvalue weighted by Crippen LogP contribution is 2.37. The van der Waals surface area contributed by atoms with Gasteiger partial charge in [-0.1, -0.05) is 11.6 Å². The van der Waals surface area contributed by atoms with Crippen molar-refractivity contribution in [3.05, 3.63) is 39.8 Å². The fourth-order valence-corrected chi connectivity index (χ4v) is 4.69. The third-order valence-corrected chi connectivity index (χ3v) is 7.27. The Morgan fingerprint density at radius 1 is 1.34 bits per heavy atom. The zero-order chi connectivity index (χ0) is 22.9. The highest BCUT2D eigenvalue weighted by Gasteiger charge is 2.41. The first-order valence-corrected chi connectivity index (χ1v) is 11.3. The normalized spacial score (nSPS) is 18.2. The number of carbonyl (C=O) groups excluding carboxylic acids is 1. The van der Waals surface area contributed by atoms with Gasteiger partial charge in [-0.15, -0.1) is 0 Å². The first kappa shape index (κ1) is 22.5. The Labute approximate surface area is 198 Å². The number of hydrogen-bond acceptors (Lipinski definition) is 8. The Morgan fingerprint density at radius 2 is 2.16 bits per heavy atom. The highest BCUT2D eigenvalue weighted by atomic mass is 79.9. The number of nitriles is 1. The van der Waals surface area contributed by atoms with Gasteiger partial charge in [0.25, 0.3) is 0 Å². The number of nitrogens with zero attached hydrogens (tertiary/aromatic N) is 6. The molecule has 11 heteroatoms. The maximum absolute atomic E-state index is 12.7. The van der Waals surface area contributed by atoms with Crippen LogP contribution in [0.25, 0.3) is 11.2 Å². The van der Waals surface area contributed by atoms with Gasteiger partial charge in [0.2, 0.25) is 0 Å². The maximum atomic E-state index is 12.7. The number of imidazole rings is 1. The molecule has 3 heterocycles. The van der Waals surface area contributed by atoms with E-state index in [0.29, 0.717) is 67.3 Å². The summed E-state index contributed by atoms with van der Waals surface area (Å²) < 4.78 is 2.64. The molecular formula is C21H22BrClN8O. The number of ketones is 1. The quantitative estimate of drug-likeness (QED) is 0.456. The molecule has 2 aromatic heterocycles. The van der Waals surface area contributed by atoms with E-state index in [1.807, 2.05) is 16.7 Å². The monoisotopic (exact) mass is 516 g/mol. The maximum Gasteiger partial charge on any atom is 0.165 e. The second-order valence-corrected chi connectivity index (χ2v) is 9.13. The molecule has 9 nitrogen and oxygen atoms in total. The van der Waals surface area contributed by atoms with Crippen molar-refractivity contribution in [1.82, 2.24) is 19.5 Å². The SMILES string of the molecule is N#CCCCC(=O)[C@@]1(N)CCN(c2ccc(Cl)c(Br)c2Cn2cnc3c(N)ncnc32)C1. The van der Waals surface area contributed by atoms with Gasteiger partial charge in [-0.05, 0) is 40.9 Å². The van der Waals surface area contributed by atoms with Gasteiger partial charge >= 0.3 is 0 Å². The minimum atomic E-state index is -0.928. The van der Waals surface area contributed by atoms with Gasteiger partial charge in [0, 0.05) is 41.7 Å². The third kappa shape index (κ3) is 4.16. The van der Waals surface area contributed by atoms with Crippen molar-refractivity contribution in [2.24, 2.45) is 5.73 Å². The summed E-state index contributed by atoms with van der Waals surface area (Å²) in [6.07, 6.45) is 4.83. The van der Waals surface area contributed by atoms with Gasteiger partial charge in [0.15, 0.2) is 17.2 Å². The number of hydrogen-bond donors (Lipinski definition) is 2. The number of nitrogens with two attached hydrogens (primary N) is 2. The summed E-state index contributed by atoms with van der Waals surface area (Å²) in [5, 5.41) is 9.30. The molecule has 1 aliphatic rings. The van der Waals surface area contributed by atoms with Crippen molar-refractivity contribution in [3.8, 4) is 6.07 Å². The van der Waals surface area contributed by atoms with Gasteiger partial charge < -0.3 is 20.9 Å². The number of nitrogen functional groups attached to an aromatic ring is 1. The van der Waals surface area contributed by atoms with Crippen molar-refractivity contribution >= 4 is 56.0 Å². The van der Waals surface area contributed by atoms with E-state index in [9.17, 15) is 4.79 Å². The van der Waals surface area contributed by atoms with Crippen LogP contribution in [0.5, 0.6) is 0 Å². The molecule has 0 spiro atoms. The Balaban J connectivity index is 1.63. The van der Waals surface area contributed by atoms with E-state index >= 15 is 0 Å². The fourth-order valence-electron chi connectivity index (χ4n) is 4.06. The average Bonchev–Trinajstić information content (AvgIpc) is 3.37. The Morgan fingerprint density at radius 3 is 2.94 bits per heavy atom. The standard InChI is InChI=1S/C21H22BrClN8O/c22-17-13(9-31-12-29-18-19(25)27-11-28-20(18)31)15(5-4-14(17)23)30-8-6-21(26,10-30)16(32)3-1-2-7-24/h4-5,11-12H,1-3,6,8-10,26H2,(H2,25,27,28)/t21-/m1/s1. The molecule has 0 radical (unpaired) electrons. The van der Waals surface area contributed by atoms with Crippen molar-refractivity contribution in [3.63, 3.8) is 0 Å². The second kappa shape index (κ2) is 9.02. The van der Waals surface area contributed by atoms with Crippen LogP contribution in [-0.2, 0) is 11.3 Å². The largest absolute Gasteiger partial charge is 0.382 e. The van der Waals surface area contributed by atoms with Crippen LogP contribution in [0.15, 0.2) is 29.3 Å². The number of anilines is 2. The first-order chi connectivity index (χ1) is 15.3. The van der Waals surface area contributed by atoms with Crippen LogP contribution in [0.4, 0.5) is 11.5 Å². The number of benzene rings is 1. The van der Waals surface area contributed by atoms with Gasteiger partial charge in [-0.3, -0.25) is 4.79 Å². The minimum Gasteiger partial charge on any atom is -0.382 e. The molecule has 0 aliphatic carbocycles. The van der Waals surface area contributed by atoms with Crippen LogP contribution >= 0.6 is 27.5 Å². The summed E-state index contributed by atoms with van der Waals surface area (Å²) in [5.41, 5.74) is 14.5. The van der Waals surface area contributed by atoms with Crippen LogP contribution in [-0.4, -0.2) is 43.9 Å². The molecule has 0 amide bonds. The topological polar surface area (TPSA) is 140 Å². The second-order valence-electron chi connectivity index (χ2n) is 7.93. The van der Waals surface area contributed by atoms with E-state index in [-0.39, 0.29) is 5.78 Å². The third-order valence-electron chi connectivity index (χ3n) is 5.82. The number of Topliss-reactive ketones (excluding diaryl/α,β-unsaturated/α-hetero) is 1. The lowest BCUT2D eigenvalue weighted by Crippen LogP contribution is -2.50. The molecule has 0 unspecified atom stereocenters. The van der Waals surface area contributed by atoms with Crippen LogP contribution < -0.4 is 16.4 Å². The molecule has 0 saturated carbocycles. The Bertz CT molecular complexity index is 1220. The average molecular weight is 518 g/mol. The summed E-state index contributed by atoms with van der Waals surface area (Å²) in [6.45, 7) is 1.48. The molecule has 1 saturated heterocycles. The van der Waals surface area contributed by atoms with E-state index in [4.69, 9.17) is 28.3 Å². The van der Waals surface area contributed by atoms with Crippen molar-refractivity contribution in [2.75, 3.05) is 23.7 Å². The smallest absolute Gasteiger partial charge is 0.165 e. The minimum absolute atomic E-state index is 0.00221. The molecule has 4 rings (SSSR count). The van der Waals surface area contributed by atoms with Crippen LogP contribution in [0.3, 0.4) is 0 Å². The Hall–Kier alpha value is -2.74. The summed E-state index contributed by atoms with van der Waals surface area (Å²) in [4.78, 5) is 27.5. The number of fused-ring (bicyclic) bond motifs is 1. The lowest BCUT2D eigenvalue weighted by molar-refractivity contribution is -0.123. The van der Waals surface area contributed by atoms with E-state index < -0.39 is 5.54 Å². The highest BCUT2D eigenvalue weighted by molar-refractivity contribution is 9.10. The zero-order valence-corrected chi connectivity index (χ0v) is 19.6. The van der Waals surface area contributed by atoms with E-state index in [1.54, 1.807) is 6.33 Å². The molecule has 166 valence electrons. The van der Waals surface area contributed by atoms with Gasteiger partial charge in [-0.25, -0.2) is 15.0 Å². The predicted molar refractivity (Wildman–Crippen MR) is 126 cm³/mol. The molecule has 1 fully saturated rings. The summed E-state index contributed by atoms with van der Waals surface area (Å²) in [7, 11) is 0. The number of unbranched alkanes of at least 4 members (excludes halogenated alkanes) is 1. The van der Waals surface area contributed by atoms with Gasteiger partial charge in [-0.2, -0.15) is 5.26 Å². The molecule has 0 bridgehead atoms. The predicted octanol–water partition coefficient (Wildman–Crippen LogP) is 3.04. The van der Waals surface area contributed by atoms with Crippen molar-refractivity contribution in [1.29, 1.82) is 5.26 Å². The number of aromatic nitrogens is 4. The van der Waals surface area contributed by atoms with Crippen LogP contribution in [0, 0.1) is 11.3 Å². The van der Waals surface area contributed by atoms with Crippen LogP contribution in [0.2, 0.25) is 5.02 Å². The number of carbonyl (C=O) groups is 1. The molecule has 1 atom stereocenters. The van der Waals surface area contributed by atoms with Crippen molar-refractivity contribution < 1.29 is 4.79 Å². The molecule has 3 aromatic rings. The van der Waals surface area contributed by atoms with E-state index in [0.717, 1.165) is 15.7 Å². The lowest BCUT2D eigenvalue weighted by atomic mass is 9.91. The van der Waals surface area contributed by atoms with Crippen LogP contribution in [0.1, 0.15) is 31.2 Å². The Kier molecular flexibility index (Phi) is 6.33. The van der Waals surface area contributed by atoms with E-state index in [2.05, 4.69) is 41.9 Å².